The van der Waals surface area contributed by atoms with Gasteiger partial charge in [-0.2, -0.15) is 0 Å². The standard InChI is InChI=1S/C14H17F2NO2/c1-11-9-17(8-7-14(11,15)16)13(18)19-10-12-5-3-2-4-6-12/h2-6,11H,7-10H2,1H3. The molecule has 0 saturated carbocycles. The molecule has 0 radical (unpaired) electrons. The monoisotopic (exact) mass is 269 g/mol. The summed E-state index contributed by atoms with van der Waals surface area (Å²) in [5.74, 6) is -3.51. The minimum Gasteiger partial charge on any atom is -0.445 e. The average Bonchev–Trinajstić information content (AvgIpc) is 2.40. The molecule has 1 unspecified atom stereocenters. The van der Waals surface area contributed by atoms with Gasteiger partial charge in [-0.25, -0.2) is 13.6 Å². The van der Waals surface area contributed by atoms with Crippen LogP contribution in [0.3, 0.4) is 0 Å². The molecular formula is C14H17F2NO2. The molecule has 1 aliphatic heterocycles. The lowest BCUT2D eigenvalue weighted by molar-refractivity contribution is -0.0952. The van der Waals surface area contributed by atoms with Gasteiger partial charge in [-0.3, -0.25) is 0 Å². The number of nitrogens with zero attached hydrogens (tertiary/aromatic N) is 1. The molecule has 1 fully saturated rings. The third-order valence-electron chi connectivity index (χ3n) is 3.39. The zero-order valence-corrected chi connectivity index (χ0v) is 10.8. The van der Waals surface area contributed by atoms with Gasteiger partial charge in [-0.1, -0.05) is 37.3 Å². The SMILES string of the molecule is CC1CN(C(=O)OCc2ccccc2)CCC1(F)F. The van der Waals surface area contributed by atoms with Gasteiger partial charge in [0.2, 0.25) is 0 Å². The van der Waals surface area contributed by atoms with Gasteiger partial charge >= 0.3 is 6.09 Å². The Balaban J connectivity index is 1.84. The molecule has 5 heteroatoms. The Morgan fingerprint density at radius 3 is 2.74 bits per heavy atom. The minimum absolute atomic E-state index is 0.0423. The normalized spacial score (nSPS) is 22.1. The molecule has 1 aliphatic rings. The van der Waals surface area contributed by atoms with Crippen LogP contribution in [0.4, 0.5) is 13.6 Å². The first-order valence-electron chi connectivity index (χ1n) is 6.32. The lowest BCUT2D eigenvalue weighted by Gasteiger charge is -2.35. The van der Waals surface area contributed by atoms with Crippen LogP contribution in [0.25, 0.3) is 0 Å². The van der Waals surface area contributed by atoms with Crippen LogP contribution < -0.4 is 0 Å². The first-order valence-corrected chi connectivity index (χ1v) is 6.32. The van der Waals surface area contributed by atoms with Crippen LogP contribution in [-0.2, 0) is 11.3 Å². The molecule has 1 atom stereocenters. The number of likely N-dealkylation sites (tertiary alicyclic amines) is 1. The van der Waals surface area contributed by atoms with Crippen LogP contribution >= 0.6 is 0 Å². The first-order chi connectivity index (χ1) is 8.99. The van der Waals surface area contributed by atoms with E-state index >= 15 is 0 Å². The third kappa shape index (κ3) is 3.43. The number of halogens is 2. The second kappa shape index (κ2) is 5.55. The van der Waals surface area contributed by atoms with E-state index in [1.165, 1.54) is 11.8 Å². The van der Waals surface area contributed by atoms with E-state index in [1.807, 2.05) is 30.3 Å². The number of carbonyl (C=O) groups excluding carboxylic acids is 1. The quantitative estimate of drug-likeness (QED) is 0.824. The predicted octanol–water partition coefficient (Wildman–Crippen LogP) is 3.30. The number of amides is 1. The van der Waals surface area contributed by atoms with Crippen molar-refractivity contribution in [1.29, 1.82) is 0 Å². The van der Waals surface area contributed by atoms with Gasteiger partial charge in [-0.05, 0) is 5.56 Å². The van der Waals surface area contributed by atoms with Gasteiger partial charge in [0, 0.05) is 25.4 Å². The second-order valence-electron chi connectivity index (χ2n) is 4.90. The summed E-state index contributed by atoms with van der Waals surface area (Å²) in [5, 5.41) is 0. The van der Waals surface area contributed by atoms with E-state index in [0.29, 0.717) is 0 Å². The van der Waals surface area contributed by atoms with Crippen LogP contribution in [0.2, 0.25) is 0 Å². The summed E-state index contributed by atoms with van der Waals surface area (Å²) in [6, 6.07) is 9.28. The number of benzene rings is 1. The number of piperidine rings is 1. The van der Waals surface area contributed by atoms with E-state index in [0.717, 1.165) is 5.56 Å². The van der Waals surface area contributed by atoms with Gasteiger partial charge in [0.1, 0.15) is 6.61 Å². The predicted molar refractivity (Wildman–Crippen MR) is 66.9 cm³/mol. The van der Waals surface area contributed by atoms with Crippen LogP contribution in [0.5, 0.6) is 0 Å². The number of alkyl halides is 2. The molecule has 19 heavy (non-hydrogen) atoms. The van der Waals surface area contributed by atoms with Crippen molar-refractivity contribution in [2.75, 3.05) is 13.1 Å². The van der Waals surface area contributed by atoms with E-state index in [-0.39, 0.29) is 26.1 Å². The molecule has 1 amide bonds. The molecular weight excluding hydrogens is 252 g/mol. The van der Waals surface area contributed by atoms with Crippen LogP contribution in [-0.4, -0.2) is 30.0 Å². The molecule has 104 valence electrons. The zero-order chi connectivity index (χ0) is 13.9. The third-order valence-corrected chi connectivity index (χ3v) is 3.39. The molecule has 1 heterocycles. The Morgan fingerprint density at radius 1 is 1.42 bits per heavy atom. The van der Waals surface area contributed by atoms with E-state index in [4.69, 9.17) is 4.74 Å². The number of hydrogen-bond donors (Lipinski definition) is 0. The second-order valence-corrected chi connectivity index (χ2v) is 4.90. The van der Waals surface area contributed by atoms with Crippen molar-refractivity contribution in [2.24, 2.45) is 5.92 Å². The Bertz CT molecular complexity index is 436. The van der Waals surface area contributed by atoms with Crippen molar-refractivity contribution in [1.82, 2.24) is 4.90 Å². The zero-order valence-electron chi connectivity index (χ0n) is 10.8. The highest BCUT2D eigenvalue weighted by Crippen LogP contribution is 2.33. The lowest BCUT2D eigenvalue weighted by atomic mass is 9.96. The molecule has 0 aromatic heterocycles. The summed E-state index contributed by atoms with van der Waals surface area (Å²) in [6.07, 6.45) is -0.819. The Labute approximate surface area is 111 Å². The molecule has 1 aromatic carbocycles. The highest BCUT2D eigenvalue weighted by Gasteiger charge is 2.42. The van der Waals surface area contributed by atoms with E-state index in [2.05, 4.69) is 0 Å². The largest absolute Gasteiger partial charge is 0.445 e. The fourth-order valence-electron chi connectivity index (χ4n) is 2.06. The van der Waals surface area contributed by atoms with Crippen molar-refractivity contribution >= 4 is 6.09 Å². The molecule has 0 N–H and O–H groups in total. The fourth-order valence-corrected chi connectivity index (χ4v) is 2.06. The van der Waals surface area contributed by atoms with Gasteiger partial charge in [0.05, 0.1) is 0 Å². The van der Waals surface area contributed by atoms with E-state index < -0.39 is 17.9 Å². The molecule has 3 nitrogen and oxygen atoms in total. The maximum Gasteiger partial charge on any atom is 0.410 e. The van der Waals surface area contributed by atoms with E-state index in [1.54, 1.807) is 0 Å². The van der Waals surface area contributed by atoms with E-state index in [9.17, 15) is 13.6 Å². The molecule has 0 bridgehead atoms. The summed E-state index contributed by atoms with van der Waals surface area (Å²) in [4.78, 5) is 13.1. The fraction of sp³-hybridized carbons (Fsp3) is 0.500. The molecule has 2 rings (SSSR count). The number of rotatable bonds is 2. The first kappa shape index (κ1) is 13.8. The maximum atomic E-state index is 13.3. The van der Waals surface area contributed by atoms with Crippen molar-refractivity contribution in [3.8, 4) is 0 Å². The van der Waals surface area contributed by atoms with Gasteiger partial charge in [-0.15, -0.1) is 0 Å². The van der Waals surface area contributed by atoms with Gasteiger partial charge in [0.25, 0.3) is 5.92 Å². The molecule has 0 spiro atoms. The van der Waals surface area contributed by atoms with Crippen molar-refractivity contribution in [3.05, 3.63) is 35.9 Å². The molecule has 1 saturated heterocycles. The minimum atomic E-state index is -2.68. The summed E-state index contributed by atoms with van der Waals surface area (Å²) in [5.41, 5.74) is 0.881. The Hall–Kier alpha value is -1.65. The summed E-state index contributed by atoms with van der Waals surface area (Å²) >= 11 is 0. The highest BCUT2D eigenvalue weighted by molar-refractivity contribution is 5.67. The summed E-state index contributed by atoms with van der Waals surface area (Å²) in [6.45, 7) is 1.71. The smallest absolute Gasteiger partial charge is 0.410 e. The van der Waals surface area contributed by atoms with Crippen LogP contribution in [0.15, 0.2) is 30.3 Å². The van der Waals surface area contributed by atoms with Gasteiger partial charge in [0.15, 0.2) is 0 Å². The number of hydrogen-bond acceptors (Lipinski definition) is 2. The Morgan fingerprint density at radius 2 is 2.11 bits per heavy atom. The Kier molecular flexibility index (Phi) is 4.02. The number of carbonyl (C=O) groups is 1. The maximum absolute atomic E-state index is 13.3. The van der Waals surface area contributed by atoms with Crippen LogP contribution in [0.1, 0.15) is 18.9 Å². The van der Waals surface area contributed by atoms with Crippen molar-refractivity contribution < 1.29 is 18.3 Å². The molecule has 1 aromatic rings. The van der Waals surface area contributed by atoms with Gasteiger partial charge < -0.3 is 9.64 Å². The molecule has 0 aliphatic carbocycles. The van der Waals surface area contributed by atoms with Crippen molar-refractivity contribution in [3.63, 3.8) is 0 Å². The van der Waals surface area contributed by atoms with Crippen LogP contribution in [0, 0.1) is 5.92 Å². The van der Waals surface area contributed by atoms with Crippen molar-refractivity contribution in [2.45, 2.75) is 25.9 Å². The number of ether oxygens (including phenoxy) is 1. The highest BCUT2D eigenvalue weighted by atomic mass is 19.3. The summed E-state index contributed by atoms with van der Waals surface area (Å²) in [7, 11) is 0. The average molecular weight is 269 g/mol. The topological polar surface area (TPSA) is 29.5 Å². The summed E-state index contributed by atoms with van der Waals surface area (Å²) < 4.78 is 31.7. The lowest BCUT2D eigenvalue weighted by Crippen LogP contribution is -2.48.